The number of hydrogen-bond donors (Lipinski definition) is 4. The molecule has 0 unspecified atom stereocenters. The van der Waals surface area contributed by atoms with Gasteiger partial charge in [0.2, 0.25) is 17.5 Å². The van der Waals surface area contributed by atoms with Crippen molar-refractivity contribution in [2.75, 3.05) is 133 Å². The summed E-state index contributed by atoms with van der Waals surface area (Å²) in [5.74, 6) is -8.21. The maximum atomic E-state index is 13.7. The van der Waals surface area contributed by atoms with Crippen molar-refractivity contribution >= 4 is 153 Å². The van der Waals surface area contributed by atoms with Crippen molar-refractivity contribution in [1.29, 1.82) is 0 Å². The van der Waals surface area contributed by atoms with Gasteiger partial charge in [0.25, 0.3) is 29.5 Å². The Morgan fingerprint density at radius 1 is 0.362 bits per heavy atom. The number of β-amino-alcohol motifs (C(OH)–C–C–N with tert-alkyl or cyclic N) is 1. The number of hydrogen-bond acceptors (Lipinski definition) is 46. The third-order valence-corrected chi connectivity index (χ3v) is 31.9. The fourth-order valence-electron chi connectivity index (χ4n) is 11.5. The van der Waals surface area contributed by atoms with Gasteiger partial charge in [0.05, 0.1) is 93.6 Å². The van der Waals surface area contributed by atoms with Crippen LogP contribution in [0.3, 0.4) is 0 Å². The molecule has 13 atom stereocenters. The zero-order valence-electron chi connectivity index (χ0n) is 87.8. The number of aliphatic hydroxyl groups is 1. The normalized spacial score (nSPS) is 16.5. The SMILES string of the molecule is CC(=O)O[C@@H](C)C(=O)O[C@@H](C)C(=O)N(C[C@@H](COc1nsnc1N1CCOCC1)O[Si](C)(C)C(C)(C)C)C(C)(C)C.CC(=O)O[C@@H](C)C(=O)O[C@@H](C)C(=O)N(C[C@H](O)COc1nsnc1N1CCOCC1)C(C)(C)C.CC(=O)O[C@@H](C)C(=O)O[C@@H](C)C(=O)O.CC(=O)O[C@@H](C)C(=O)O[C@@H](C)C(=O)O[C@@H](C)C(=O)O[C@@H](C)C(=O)O.CC(C)(C)NC[C@@H](COc1nsnc1N1CCOCC1)O[Si](C)(C)C(C)(C)C. The molecule has 0 aromatic carbocycles. The van der Waals surface area contributed by atoms with Gasteiger partial charge in [-0.25, -0.2) is 38.4 Å². The Morgan fingerprint density at radius 2 is 0.603 bits per heavy atom. The Bertz CT molecular complexity index is 4470. The van der Waals surface area contributed by atoms with E-state index in [4.69, 9.17) is 75.9 Å². The average molecular weight is 2100 g/mol. The minimum absolute atomic E-state index is 0.0240. The Kier molecular flexibility index (Phi) is 53.1. The highest BCUT2D eigenvalue weighted by Gasteiger charge is 2.45. The number of aliphatic hydroxyl groups excluding tert-OH is 1. The molecule has 4 N–H and O–H groups in total. The molecular formula is C89H152N12O35S3Si2. The van der Waals surface area contributed by atoms with Crippen LogP contribution >= 0.6 is 35.2 Å². The number of rotatable bonds is 42. The number of aromatic nitrogens is 6. The fraction of sp³-hybridized carbons (Fsp3) is 0.775. The van der Waals surface area contributed by atoms with E-state index >= 15 is 0 Å². The molecule has 3 aliphatic rings. The Balaban J connectivity index is 0.000000617. The first-order chi connectivity index (χ1) is 64.9. The minimum Gasteiger partial charge on any atom is -0.479 e. The molecule has 52 heteroatoms. The molecule has 0 bridgehead atoms. The molecule has 47 nitrogen and oxygen atoms in total. The highest BCUT2D eigenvalue weighted by atomic mass is 32.1. The number of carbonyl (C=O) groups excluding carboxylic acids is 12. The predicted octanol–water partition coefficient (Wildman–Crippen LogP) is 7.58. The molecule has 2 amide bonds. The van der Waals surface area contributed by atoms with Crippen LogP contribution in [0.25, 0.3) is 0 Å². The van der Waals surface area contributed by atoms with Crippen LogP contribution in [-0.4, -0.2) is 366 Å². The molecule has 0 saturated carbocycles. The van der Waals surface area contributed by atoms with Crippen molar-refractivity contribution in [3.63, 3.8) is 0 Å². The minimum atomic E-state index is -2.29. The molecule has 6 rings (SSSR count). The number of anilines is 3. The van der Waals surface area contributed by atoms with E-state index in [0.29, 0.717) is 102 Å². The van der Waals surface area contributed by atoms with Crippen LogP contribution < -0.4 is 34.2 Å². The number of esters is 10. The smallest absolute Gasteiger partial charge is 0.347 e. The van der Waals surface area contributed by atoms with Gasteiger partial charge in [0.1, 0.15) is 25.9 Å². The summed E-state index contributed by atoms with van der Waals surface area (Å²) in [6, 6.07) is 0. The molecule has 3 fully saturated rings. The monoisotopic (exact) mass is 2100 g/mol. The lowest BCUT2D eigenvalue weighted by molar-refractivity contribution is -0.184. The van der Waals surface area contributed by atoms with Crippen LogP contribution in [0.2, 0.25) is 36.3 Å². The molecule has 0 aliphatic carbocycles. The maximum Gasteiger partial charge on any atom is 0.347 e. The predicted molar refractivity (Wildman–Crippen MR) is 520 cm³/mol. The molecule has 3 saturated heterocycles. The van der Waals surface area contributed by atoms with Gasteiger partial charge in [-0.15, -0.1) is 13.1 Å². The first-order valence-electron chi connectivity index (χ1n) is 46.0. The molecule has 6 heterocycles. The quantitative estimate of drug-likeness (QED) is 0.0241. The summed E-state index contributed by atoms with van der Waals surface area (Å²) in [6.45, 7) is 66.9. The summed E-state index contributed by atoms with van der Waals surface area (Å²) >= 11 is 3.29. The summed E-state index contributed by atoms with van der Waals surface area (Å²) in [4.78, 5) is 171. The van der Waals surface area contributed by atoms with E-state index in [1.807, 2.05) is 25.7 Å². The van der Waals surface area contributed by atoms with Gasteiger partial charge in [0, 0.05) is 96.7 Å². The summed E-state index contributed by atoms with van der Waals surface area (Å²) in [6.07, 6.45) is -13.8. The number of nitrogens with zero attached hydrogens (tertiary/aromatic N) is 11. The third kappa shape index (κ3) is 47.1. The molecule has 3 aromatic heterocycles. The van der Waals surface area contributed by atoms with Crippen molar-refractivity contribution in [2.24, 2.45) is 0 Å². The highest BCUT2D eigenvalue weighted by molar-refractivity contribution is 7.00. The lowest BCUT2D eigenvalue weighted by Gasteiger charge is -2.43. The molecule has 141 heavy (non-hydrogen) atoms. The number of amides is 2. The van der Waals surface area contributed by atoms with Crippen molar-refractivity contribution < 1.29 is 167 Å². The first-order valence-corrected chi connectivity index (χ1v) is 54.1. The molecule has 0 radical (unpaired) electrons. The van der Waals surface area contributed by atoms with Gasteiger partial charge < -0.3 is 130 Å². The van der Waals surface area contributed by atoms with E-state index in [1.165, 1.54) is 92.8 Å². The number of morpholine rings is 3. The lowest BCUT2D eigenvalue weighted by atomic mass is 10.0. The summed E-state index contributed by atoms with van der Waals surface area (Å²) in [5, 5.41) is 31.3. The number of carboxylic acids is 2. The summed E-state index contributed by atoms with van der Waals surface area (Å²) in [5.41, 5.74) is -1.28. The van der Waals surface area contributed by atoms with Crippen molar-refractivity contribution in [2.45, 2.75) is 333 Å². The van der Waals surface area contributed by atoms with Crippen LogP contribution in [-0.2, 0) is 138 Å². The number of aliphatic carboxylic acids is 2. The highest BCUT2D eigenvalue weighted by Crippen LogP contribution is 2.40. The first kappa shape index (κ1) is 127. The van der Waals surface area contributed by atoms with Gasteiger partial charge >= 0.3 is 71.6 Å². The van der Waals surface area contributed by atoms with E-state index in [2.05, 4.69) is 149 Å². The average Bonchev–Trinajstić information content (AvgIpc) is 1.63. The van der Waals surface area contributed by atoms with Gasteiger partial charge in [0.15, 0.2) is 77.7 Å². The fourth-order valence-corrected chi connectivity index (χ4v) is 15.7. The van der Waals surface area contributed by atoms with Crippen LogP contribution in [0.15, 0.2) is 0 Å². The zero-order valence-corrected chi connectivity index (χ0v) is 92.2. The third-order valence-electron chi connectivity index (χ3n) is 21.3. The standard InChI is InChI=1S/C27H48N4O8SSi.C21H34N4O8S.C19H38N4O3SSi.C14H20O10.C8H12O6/c1-18(38-25(34)19(2)37-20(3)32)24(33)31(26(4,5)6)16-21(39-41(10,11)27(7,8)9)17-36-23-22(28-40-29-23)30-12-14-35-15-13-30;1-13(33-20(29)14(2)32-15(3)26)19(28)25(21(4,5)6)11-16(27)12-31-18-17(22-34-23-18)24-7-9-30-10-8-24;1-18(2,3)20-13-15(26-28(7,8)19(4,5)6)14-25-17-16(21-27-22-17)23-9-11-24-12-10-23;1-6(11(16)17)22-13(19)8(3)24-14(20)9(4)23-12(18)7(2)21-10(5)15;1-4(7(10)11)14-8(12)5(2)13-6(3)9/h18-19,21H,12-17H2,1-11H3;13-14,16,27H,7-12H2,1-6H3;15,20H,9-14H2,1-8H3;6-9H,1-5H3,(H,16,17);4-5H,1-3H3,(H,10,11)/t18-,19-,21-;13-,14-,16-;15-;6-,7-,8-,9-;4-,5-/m00000/s1. The molecule has 0 spiro atoms. The van der Waals surface area contributed by atoms with E-state index < -0.39 is 184 Å². The Morgan fingerprint density at radius 3 is 0.858 bits per heavy atom. The van der Waals surface area contributed by atoms with Crippen LogP contribution in [0, 0.1) is 0 Å². The van der Waals surface area contributed by atoms with Crippen molar-refractivity contribution in [1.82, 2.24) is 41.4 Å². The van der Waals surface area contributed by atoms with Crippen molar-refractivity contribution in [3.8, 4) is 17.6 Å². The van der Waals surface area contributed by atoms with Gasteiger partial charge in [-0.05, 0) is 168 Å². The topological polar surface area (TPSA) is 571 Å². The molecule has 3 aliphatic heterocycles. The van der Waals surface area contributed by atoms with Gasteiger partial charge in [-0.2, -0.15) is 13.1 Å². The van der Waals surface area contributed by atoms with Crippen LogP contribution in [0.5, 0.6) is 17.6 Å². The number of carboxylic acid groups (broad SMARTS) is 2. The van der Waals surface area contributed by atoms with Crippen LogP contribution in [0.1, 0.15) is 201 Å². The van der Waals surface area contributed by atoms with E-state index in [1.54, 1.807) is 25.7 Å². The number of carbonyl (C=O) groups is 14. The number of nitrogens with one attached hydrogen (secondary N) is 1. The van der Waals surface area contributed by atoms with E-state index in [9.17, 15) is 72.2 Å². The number of ether oxygens (including phenoxy) is 16. The summed E-state index contributed by atoms with van der Waals surface area (Å²) < 4.78 is 122. The van der Waals surface area contributed by atoms with Gasteiger partial charge in [-0.1, -0.05) is 41.5 Å². The van der Waals surface area contributed by atoms with Crippen LogP contribution in [0.4, 0.5) is 17.5 Å². The van der Waals surface area contributed by atoms with E-state index in [0.717, 1.165) is 69.7 Å². The van der Waals surface area contributed by atoms with Gasteiger partial charge in [-0.3, -0.25) is 28.8 Å². The second-order valence-corrected chi connectivity index (χ2v) is 50.2. The zero-order chi connectivity index (χ0) is 108. The lowest BCUT2D eigenvalue weighted by Crippen LogP contribution is -2.56. The Hall–Kier alpha value is -9.79. The summed E-state index contributed by atoms with van der Waals surface area (Å²) in [7, 11) is -4.21. The van der Waals surface area contributed by atoms with Crippen molar-refractivity contribution in [3.05, 3.63) is 0 Å². The largest absolute Gasteiger partial charge is 0.479 e. The second-order valence-electron chi connectivity index (χ2n) is 39.1. The van der Waals surface area contributed by atoms with E-state index in [-0.39, 0.29) is 48.0 Å². The Labute approximate surface area is 840 Å². The molecule has 804 valence electrons. The molecular weight excluding hydrogens is 1950 g/mol. The molecule has 3 aromatic rings. The second kappa shape index (κ2) is 58.8. The maximum absolute atomic E-state index is 13.7.